The van der Waals surface area contributed by atoms with Crippen LogP contribution in [0.1, 0.15) is 0 Å². The maximum atomic E-state index is 12.8. The van der Waals surface area contributed by atoms with Crippen molar-refractivity contribution in [2.45, 2.75) is 0 Å². The van der Waals surface area contributed by atoms with Crippen LogP contribution in [0.4, 0.5) is 0 Å². The molecule has 0 unspecified atom stereocenters. The fourth-order valence-electron chi connectivity index (χ4n) is 6.15. The van der Waals surface area contributed by atoms with Gasteiger partial charge in [0, 0.05) is 38.3 Å². The second-order valence-electron chi connectivity index (χ2n) is 12.1. The fourth-order valence-corrected chi connectivity index (χ4v) is 7.04. The Labute approximate surface area is 273 Å². The lowest BCUT2D eigenvalue weighted by molar-refractivity contribution is 0.588. The highest BCUT2D eigenvalue weighted by atomic mass is 31.2. The average Bonchev–Trinajstić information content (AvgIpc) is 3.50. The van der Waals surface area contributed by atoms with Crippen LogP contribution in [-0.4, -0.2) is 23.3 Å². The summed E-state index contributed by atoms with van der Waals surface area (Å²) in [5.41, 5.74) is 10.8. The lowest BCUT2D eigenvalue weighted by atomic mass is 9.97. The number of hydrogen-bond acceptors (Lipinski definition) is 4. The second-order valence-corrected chi connectivity index (χ2v) is 15.4. The molecule has 8 aromatic rings. The molecule has 0 bridgehead atoms. The van der Waals surface area contributed by atoms with Crippen molar-refractivity contribution in [3.8, 4) is 56.2 Å². The maximum Gasteiger partial charge on any atom is 0.136 e. The Morgan fingerprint density at radius 2 is 0.915 bits per heavy atom. The van der Waals surface area contributed by atoms with Crippen molar-refractivity contribution < 1.29 is 8.98 Å². The summed E-state index contributed by atoms with van der Waals surface area (Å²) >= 11 is 0. The third-order valence-corrected chi connectivity index (χ3v) is 10.1. The quantitative estimate of drug-likeness (QED) is 0.172. The molecule has 0 fully saturated rings. The number of benzene rings is 6. The van der Waals surface area contributed by atoms with Gasteiger partial charge in [0.05, 0.1) is 22.8 Å². The fraction of sp³-hybridized carbons (Fsp3) is 0.0476. The SMILES string of the molecule is CP(C)(=O)c1cccc(-c2ccc(-c3nc(-c4ccccc4)c(-c4ccc5c(c4)oc4ccccc45)nc3-c3ccccc3)cc2)c1. The molecule has 0 aliphatic carbocycles. The lowest BCUT2D eigenvalue weighted by Gasteiger charge is -2.16. The van der Waals surface area contributed by atoms with Gasteiger partial charge in [0.2, 0.25) is 0 Å². The molecule has 8 rings (SSSR count). The zero-order valence-corrected chi connectivity index (χ0v) is 27.0. The molecule has 0 aliphatic rings. The van der Waals surface area contributed by atoms with E-state index in [1.165, 1.54) is 0 Å². The summed E-state index contributed by atoms with van der Waals surface area (Å²) in [5.74, 6) is 0. The van der Waals surface area contributed by atoms with Crippen molar-refractivity contribution in [3.05, 3.63) is 152 Å². The number of nitrogens with zero attached hydrogens (tertiary/aromatic N) is 2. The predicted molar refractivity (Wildman–Crippen MR) is 196 cm³/mol. The molecule has 4 nitrogen and oxygen atoms in total. The van der Waals surface area contributed by atoms with E-state index in [2.05, 4.69) is 78.9 Å². The molecule has 0 radical (unpaired) electrons. The van der Waals surface area contributed by atoms with Gasteiger partial charge in [0.15, 0.2) is 0 Å². The molecule has 0 aliphatic heterocycles. The van der Waals surface area contributed by atoms with Crippen LogP contribution in [0.25, 0.3) is 78.1 Å². The number of rotatable bonds is 6. The van der Waals surface area contributed by atoms with E-state index in [9.17, 15) is 4.57 Å². The minimum atomic E-state index is -2.37. The van der Waals surface area contributed by atoms with Gasteiger partial charge in [-0.3, -0.25) is 0 Å². The first-order valence-electron chi connectivity index (χ1n) is 15.6. The van der Waals surface area contributed by atoms with Crippen molar-refractivity contribution in [1.82, 2.24) is 9.97 Å². The Bertz CT molecular complexity index is 2440. The summed E-state index contributed by atoms with van der Waals surface area (Å²) in [6, 6.07) is 51.3. The second kappa shape index (κ2) is 11.7. The summed E-state index contributed by atoms with van der Waals surface area (Å²) in [6.07, 6.45) is 0. The van der Waals surface area contributed by atoms with Crippen LogP contribution in [0.5, 0.6) is 0 Å². The van der Waals surface area contributed by atoms with Crippen LogP contribution in [0.15, 0.2) is 156 Å². The molecule has 0 N–H and O–H groups in total. The molecule has 0 saturated carbocycles. The molecule has 5 heteroatoms. The standard InChI is InChI=1S/C42H31N2O2P/c1-47(2,45)34-17-11-16-32(26-34)28-20-22-31(23-21-28)41-39(29-12-5-3-6-13-29)44-42(40(43-41)30-14-7-4-8-15-30)33-24-25-36-35-18-9-10-19-37(35)46-38(36)27-33/h3-27H,1-2H3. The van der Waals surface area contributed by atoms with Crippen LogP contribution in [0.3, 0.4) is 0 Å². The summed E-state index contributed by atoms with van der Waals surface area (Å²) < 4.78 is 19.1. The van der Waals surface area contributed by atoms with E-state index in [1.54, 1.807) is 0 Å². The summed E-state index contributed by atoms with van der Waals surface area (Å²) in [7, 11) is -2.37. The first-order chi connectivity index (χ1) is 22.9. The largest absolute Gasteiger partial charge is 0.456 e. The highest BCUT2D eigenvalue weighted by molar-refractivity contribution is 7.70. The molecule has 6 aromatic carbocycles. The van der Waals surface area contributed by atoms with Gasteiger partial charge in [-0.15, -0.1) is 0 Å². The first kappa shape index (κ1) is 28.9. The van der Waals surface area contributed by atoms with E-state index in [-0.39, 0.29) is 0 Å². The molecule has 0 atom stereocenters. The lowest BCUT2D eigenvalue weighted by Crippen LogP contribution is -2.02. The topological polar surface area (TPSA) is 56.0 Å². The molecular weight excluding hydrogens is 595 g/mol. The van der Waals surface area contributed by atoms with Gasteiger partial charge in [-0.05, 0) is 48.7 Å². The van der Waals surface area contributed by atoms with Crippen molar-refractivity contribution in [2.75, 3.05) is 13.3 Å². The summed E-state index contributed by atoms with van der Waals surface area (Å²) in [5, 5.41) is 3.04. The highest BCUT2D eigenvalue weighted by Gasteiger charge is 2.21. The molecular formula is C42H31N2O2P. The number of para-hydroxylation sites is 1. The Kier molecular flexibility index (Phi) is 7.16. The molecule has 0 spiro atoms. The monoisotopic (exact) mass is 626 g/mol. The number of fused-ring (bicyclic) bond motifs is 3. The van der Waals surface area contributed by atoms with Gasteiger partial charge >= 0.3 is 0 Å². The zero-order chi connectivity index (χ0) is 32.0. The maximum absolute atomic E-state index is 12.8. The van der Waals surface area contributed by atoms with Gasteiger partial charge in [-0.25, -0.2) is 9.97 Å². The summed E-state index contributed by atoms with van der Waals surface area (Å²) in [6.45, 7) is 3.61. The Morgan fingerprint density at radius 1 is 0.426 bits per heavy atom. The smallest absolute Gasteiger partial charge is 0.136 e. The van der Waals surface area contributed by atoms with E-state index >= 15 is 0 Å². The van der Waals surface area contributed by atoms with Gasteiger partial charge in [-0.1, -0.05) is 127 Å². The number of hydrogen-bond donors (Lipinski definition) is 0. The van der Waals surface area contributed by atoms with Gasteiger partial charge in [0.1, 0.15) is 18.3 Å². The Balaban J connectivity index is 1.32. The molecule has 2 aromatic heterocycles. The van der Waals surface area contributed by atoms with Gasteiger partial charge < -0.3 is 8.98 Å². The number of aromatic nitrogens is 2. The van der Waals surface area contributed by atoms with Crippen LogP contribution < -0.4 is 5.30 Å². The Morgan fingerprint density at radius 3 is 1.55 bits per heavy atom. The molecule has 0 saturated heterocycles. The minimum Gasteiger partial charge on any atom is -0.456 e. The molecule has 47 heavy (non-hydrogen) atoms. The van der Waals surface area contributed by atoms with Crippen LogP contribution in [0, 0.1) is 0 Å². The van der Waals surface area contributed by atoms with E-state index in [4.69, 9.17) is 14.4 Å². The first-order valence-corrected chi connectivity index (χ1v) is 18.2. The highest BCUT2D eigenvalue weighted by Crippen LogP contribution is 2.40. The third-order valence-electron chi connectivity index (χ3n) is 8.60. The van der Waals surface area contributed by atoms with Gasteiger partial charge in [-0.2, -0.15) is 0 Å². The normalized spacial score (nSPS) is 11.7. The van der Waals surface area contributed by atoms with Crippen molar-refractivity contribution in [1.29, 1.82) is 0 Å². The summed E-state index contributed by atoms with van der Waals surface area (Å²) in [4.78, 5) is 10.8. The minimum absolute atomic E-state index is 0.790. The third kappa shape index (κ3) is 5.48. The zero-order valence-electron chi connectivity index (χ0n) is 26.1. The van der Waals surface area contributed by atoms with Crippen LogP contribution in [-0.2, 0) is 4.57 Å². The van der Waals surface area contributed by atoms with Gasteiger partial charge in [0.25, 0.3) is 0 Å². The van der Waals surface area contributed by atoms with Crippen LogP contribution in [0.2, 0.25) is 0 Å². The molecule has 2 heterocycles. The van der Waals surface area contributed by atoms with E-state index < -0.39 is 7.14 Å². The van der Waals surface area contributed by atoms with E-state index in [1.807, 2.05) is 86.1 Å². The van der Waals surface area contributed by atoms with Crippen molar-refractivity contribution in [2.24, 2.45) is 0 Å². The molecule has 0 amide bonds. The van der Waals surface area contributed by atoms with Crippen molar-refractivity contribution in [3.63, 3.8) is 0 Å². The average molecular weight is 627 g/mol. The molecule has 226 valence electrons. The van der Waals surface area contributed by atoms with Crippen LogP contribution >= 0.6 is 7.14 Å². The Hall–Kier alpha value is -5.57. The van der Waals surface area contributed by atoms with E-state index in [0.29, 0.717) is 0 Å². The van der Waals surface area contributed by atoms with Crippen molar-refractivity contribution >= 4 is 34.4 Å². The predicted octanol–water partition coefficient (Wildman–Crippen LogP) is 11.0. The van der Waals surface area contributed by atoms with E-state index in [0.717, 1.165) is 83.4 Å². The number of furan rings is 1.